The Balaban J connectivity index is 1.12. The lowest BCUT2D eigenvalue weighted by Crippen LogP contribution is -2.46. The lowest BCUT2D eigenvalue weighted by atomic mass is 10.0. The van der Waals surface area contributed by atoms with Gasteiger partial charge in [-0.3, -0.25) is 9.59 Å². The largest absolute Gasteiger partial charge is 0.487 e. The molecule has 2 amide bonds. The zero-order valence-electron chi connectivity index (χ0n) is 19.7. The number of ether oxygens (including phenoxy) is 1. The average Bonchev–Trinajstić information content (AvgIpc) is 3.30. The molecule has 7 heteroatoms. The maximum Gasteiger partial charge on any atom is 0.253 e. The third-order valence-electron chi connectivity index (χ3n) is 6.29. The van der Waals surface area contributed by atoms with E-state index in [1.54, 1.807) is 24.3 Å². The fourth-order valence-corrected chi connectivity index (χ4v) is 4.34. The number of aryl methyl sites for hydroxylation is 1. The van der Waals surface area contributed by atoms with E-state index in [-0.39, 0.29) is 17.9 Å². The minimum atomic E-state index is -0.0651. The number of aromatic nitrogens is 2. The Hall–Kier alpha value is -4.13. The number of likely N-dealkylation sites (tertiary alicyclic amines) is 1. The predicted octanol–water partition coefficient (Wildman–Crippen LogP) is 4.26. The Labute approximate surface area is 204 Å². The Bertz CT molecular complexity index is 1320. The normalized spacial score (nSPS) is 14.1. The van der Waals surface area contributed by atoms with Gasteiger partial charge in [-0.1, -0.05) is 24.3 Å². The molecule has 0 bridgehead atoms. The molecule has 0 unspecified atom stereocenters. The van der Waals surface area contributed by atoms with Crippen molar-refractivity contribution >= 4 is 17.5 Å². The van der Waals surface area contributed by atoms with Crippen LogP contribution in [-0.2, 0) is 6.61 Å². The summed E-state index contributed by atoms with van der Waals surface area (Å²) in [5.41, 5.74) is 4.19. The predicted molar refractivity (Wildman–Crippen MR) is 134 cm³/mol. The van der Waals surface area contributed by atoms with Crippen molar-refractivity contribution in [2.45, 2.75) is 32.4 Å². The summed E-state index contributed by atoms with van der Waals surface area (Å²) < 4.78 is 7.87. The first kappa shape index (κ1) is 22.7. The quantitative estimate of drug-likeness (QED) is 0.459. The minimum Gasteiger partial charge on any atom is -0.487 e. The SMILES string of the molecule is Cc1ccc2nc(COc3ccc(C(=O)N4CCC(NC(=O)c5ccccc5)CC4)cc3)cn2c1. The van der Waals surface area contributed by atoms with E-state index >= 15 is 0 Å². The lowest BCUT2D eigenvalue weighted by molar-refractivity contribution is 0.0698. The molecule has 0 atom stereocenters. The van der Waals surface area contributed by atoms with E-state index in [1.807, 2.05) is 71.1 Å². The van der Waals surface area contributed by atoms with Crippen molar-refractivity contribution in [3.05, 3.63) is 102 Å². The molecule has 0 spiro atoms. The van der Waals surface area contributed by atoms with E-state index in [4.69, 9.17) is 4.74 Å². The Kier molecular flexibility index (Phi) is 6.48. The molecular formula is C28H28N4O3. The van der Waals surface area contributed by atoms with Crippen LogP contribution in [0.1, 0.15) is 44.8 Å². The number of fused-ring (bicyclic) bond motifs is 1. The van der Waals surface area contributed by atoms with Gasteiger partial charge in [-0.2, -0.15) is 0 Å². The number of rotatable bonds is 6. The molecule has 0 saturated carbocycles. The van der Waals surface area contributed by atoms with Crippen LogP contribution in [0.3, 0.4) is 0 Å². The lowest BCUT2D eigenvalue weighted by Gasteiger charge is -2.32. The van der Waals surface area contributed by atoms with E-state index in [1.165, 1.54) is 5.56 Å². The summed E-state index contributed by atoms with van der Waals surface area (Å²) in [6, 6.07) is 20.5. The first-order valence-electron chi connectivity index (χ1n) is 11.9. The number of hydrogen-bond acceptors (Lipinski definition) is 4. The van der Waals surface area contributed by atoms with E-state index < -0.39 is 0 Å². The van der Waals surface area contributed by atoms with Crippen molar-refractivity contribution in [3.8, 4) is 5.75 Å². The molecule has 4 aromatic rings. The van der Waals surface area contributed by atoms with Crippen molar-refractivity contribution in [1.29, 1.82) is 0 Å². The second kappa shape index (κ2) is 10.0. The molecule has 0 aliphatic carbocycles. The highest BCUT2D eigenvalue weighted by Crippen LogP contribution is 2.19. The minimum absolute atomic E-state index is 0.0000987. The average molecular weight is 469 g/mol. The third-order valence-corrected chi connectivity index (χ3v) is 6.29. The van der Waals surface area contributed by atoms with Crippen molar-refractivity contribution < 1.29 is 14.3 Å². The zero-order valence-corrected chi connectivity index (χ0v) is 19.7. The van der Waals surface area contributed by atoms with Crippen LogP contribution < -0.4 is 10.1 Å². The fourth-order valence-electron chi connectivity index (χ4n) is 4.34. The number of hydrogen-bond donors (Lipinski definition) is 1. The van der Waals surface area contributed by atoms with Gasteiger partial charge in [0.05, 0.1) is 5.69 Å². The molecule has 0 radical (unpaired) electrons. The van der Waals surface area contributed by atoms with E-state index in [9.17, 15) is 9.59 Å². The molecule has 1 fully saturated rings. The van der Waals surface area contributed by atoms with Crippen LogP contribution in [-0.4, -0.2) is 45.2 Å². The van der Waals surface area contributed by atoms with Crippen molar-refractivity contribution in [3.63, 3.8) is 0 Å². The highest BCUT2D eigenvalue weighted by atomic mass is 16.5. The van der Waals surface area contributed by atoms with Crippen molar-refractivity contribution in [2.24, 2.45) is 0 Å². The topological polar surface area (TPSA) is 75.9 Å². The number of amides is 2. The first-order chi connectivity index (χ1) is 17.0. The highest BCUT2D eigenvalue weighted by molar-refractivity contribution is 5.95. The number of carbonyl (C=O) groups is 2. The molecule has 2 aromatic heterocycles. The van der Waals surface area contributed by atoms with Gasteiger partial charge in [0.15, 0.2) is 0 Å². The molecule has 35 heavy (non-hydrogen) atoms. The molecule has 5 rings (SSSR count). The summed E-state index contributed by atoms with van der Waals surface area (Å²) in [6.45, 7) is 3.63. The molecule has 1 N–H and O–H groups in total. The van der Waals surface area contributed by atoms with Gasteiger partial charge < -0.3 is 19.4 Å². The maximum atomic E-state index is 13.0. The molecule has 1 saturated heterocycles. The first-order valence-corrected chi connectivity index (χ1v) is 11.9. The molecule has 178 valence electrons. The molecular weight excluding hydrogens is 440 g/mol. The van der Waals surface area contributed by atoms with E-state index in [0.29, 0.717) is 36.6 Å². The van der Waals surface area contributed by atoms with Gasteiger partial charge >= 0.3 is 0 Å². The van der Waals surface area contributed by atoms with Crippen LogP contribution in [0.25, 0.3) is 5.65 Å². The standard InChI is InChI=1S/C28H28N4O3/c1-20-7-12-26-29-24(18-32(26)17-20)19-35-25-10-8-22(9-11-25)28(34)31-15-13-23(14-16-31)30-27(33)21-5-3-2-4-6-21/h2-12,17-18,23H,13-16,19H2,1H3,(H,30,33). The third kappa shape index (κ3) is 5.35. The number of carbonyl (C=O) groups excluding carboxylic acids is 2. The monoisotopic (exact) mass is 468 g/mol. The molecule has 7 nitrogen and oxygen atoms in total. The van der Waals surface area contributed by atoms with Gasteiger partial charge in [-0.15, -0.1) is 0 Å². The van der Waals surface area contributed by atoms with Crippen molar-refractivity contribution in [2.75, 3.05) is 13.1 Å². The number of nitrogens with one attached hydrogen (secondary N) is 1. The van der Waals surface area contributed by atoms with Crippen LogP contribution in [0, 0.1) is 6.92 Å². The summed E-state index contributed by atoms with van der Waals surface area (Å²) >= 11 is 0. The molecule has 1 aliphatic rings. The van der Waals surface area contributed by atoms with Crippen LogP contribution >= 0.6 is 0 Å². The van der Waals surface area contributed by atoms with Gasteiger partial charge in [-0.25, -0.2) is 4.98 Å². The van der Waals surface area contributed by atoms with E-state index in [0.717, 1.165) is 24.2 Å². The number of benzene rings is 2. The van der Waals surface area contributed by atoms with Gasteiger partial charge in [-0.05, 0) is 67.8 Å². The molecule has 2 aromatic carbocycles. The summed E-state index contributed by atoms with van der Waals surface area (Å²) in [5.74, 6) is 0.627. The number of nitrogens with zero attached hydrogens (tertiary/aromatic N) is 3. The second-order valence-corrected chi connectivity index (χ2v) is 8.92. The Morgan fingerprint density at radius 2 is 1.69 bits per heavy atom. The van der Waals surface area contributed by atoms with Crippen LogP contribution in [0.15, 0.2) is 79.1 Å². The van der Waals surface area contributed by atoms with Gasteiger partial charge in [0.2, 0.25) is 0 Å². The maximum absolute atomic E-state index is 13.0. The van der Waals surface area contributed by atoms with Crippen molar-refractivity contribution in [1.82, 2.24) is 19.6 Å². The van der Waals surface area contributed by atoms with E-state index in [2.05, 4.69) is 10.3 Å². The smallest absolute Gasteiger partial charge is 0.253 e. The van der Waals surface area contributed by atoms with Crippen LogP contribution in [0.5, 0.6) is 5.75 Å². The Morgan fingerprint density at radius 1 is 0.943 bits per heavy atom. The number of piperidine rings is 1. The molecule has 1 aliphatic heterocycles. The highest BCUT2D eigenvalue weighted by Gasteiger charge is 2.25. The summed E-state index contributed by atoms with van der Waals surface area (Å²) in [4.78, 5) is 31.7. The summed E-state index contributed by atoms with van der Waals surface area (Å²) in [7, 11) is 0. The van der Waals surface area contributed by atoms with Gasteiger partial charge in [0.1, 0.15) is 18.0 Å². The van der Waals surface area contributed by atoms with Crippen LogP contribution in [0.4, 0.5) is 0 Å². The van der Waals surface area contributed by atoms with Crippen LogP contribution in [0.2, 0.25) is 0 Å². The summed E-state index contributed by atoms with van der Waals surface area (Å²) in [5, 5.41) is 3.08. The Morgan fingerprint density at radius 3 is 2.43 bits per heavy atom. The van der Waals surface area contributed by atoms with Gasteiger partial charge in [0.25, 0.3) is 11.8 Å². The fraction of sp³-hybridized carbons (Fsp3) is 0.250. The second-order valence-electron chi connectivity index (χ2n) is 8.92. The van der Waals surface area contributed by atoms with Gasteiger partial charge in [0, 0.05) is 42.7 Å². The number of imidazole rings is 1. The summed E-state index contributed by atoms with van der Waals surface area (Å²) in [6.07, 6.45) is 5.48. The number of pyridine rings is 1. The zero-order chi connectivity index (χ0) is 24.2. The molecule has 3 heterocycles.